The third kappa shape index (κ3) is 3.28. The molecule has 3 N–H and O–H groups in total. The first-order valence-corrected chi connectivity index (χ1v) is 8.58. The number of hydrogen-bond donors (Lipinski definition) is 2. The maximum atomic E-state index is 12.8. The maximum absolute atomic E-state index is 12.8. The number of nitrogens with zero attached hydrogens (tertiary/aromatic N) is 2. The van der Waals surface area contributed by atoms with Crippen LogP contribution in [0, 0.1) is 6.92 Å². The van der Waals surface area contributed by atoms with Crippen molar-refractivity contribution in [1.82, 2.24) is 9.38 Å². The number of carbonyl (C=O) groups excluding carboxylic acids is 2. The summed E-state index contributed by atoms with van der Waals surface area (Å²) >= 11 is 3.46. The van der Waals surface area contributed by atoms with Gasteiger partial charge in [-0.15, -0.1) is 0 Å². The van der Waals surface area contributed by atoms with Gasteiger partial charge in [0.2, 0.25) is 5.91 Å². The summed E-state index contributed by atoms with van der Waals surface area (Å²) < 4.78 is 2.67. The molecule has 0 saturated carbocycles. The number of benzene rings is 1. The number of hydrogen-bond acceptors (Lipinski definition) is 3. The van der Waals surface area contributed by atoms with Gasteiger partial charge in [0.25, 0.3) is 5.91 Å². The molecule has 1 aromatic carbocycles. The highest BCUT2D eigenvalue weighted by molar-refractivity contribution is 9.10. The van der Waals surface area contributed by atoms with E-state index in [1.165, 1.54) is 0 Å². The molecule has 0 aliphatic carbocycles. The zero-order chi connectivity index (χ0) is 18.1. The van der Waals surface area contributed by atoms with E-state index >= 15 is 0 Å². The van der Waals surface area contributed by atoms with Crippen molar-refractivity contribution in [3.8, 4) is 0 Å². The molecular weight excluding hydrogens is 384 g/mol. The molecule has 3 aromatic rings. The number of pyridine rings is 1. The van der Waals surface area contributed by atoms with Gasteiger partial charge in [-0.1, -0.05) is 6.92 Å². The molecule has 2 amide bonds. The van der Waals surface area contributed by atoms with Crippen LogP contribution >= 0.6 is 15.9 Å². The average molecular weight is 401 g/mol. The van der Waals surface area contributed by atoms with Gasteiger partial charge in [-0.25, -0.2) is 4.98 Å². The van der Waals surface area contributed by atoms with Gasteiger partial charge in [-0.3, -0.25) is 14.0 Å². The summed E-state index contributed by atoms with van der Waals surface area (Å²) in [6.45, 7) is 3.92. The van der Waals surface area contributed by atoms with Crippen molar-refractivity contribution in [3.05, 3.63) is 63.5 Å². The first-order chi connectivity index (χ1) is 11.9. The highest BCUT2D eigenvalue weighted by Gasteiger charge is 2.20. The number of imidazole rings is 1. The summed E-state index contributed by atoms with van der Waals surface area (Å²) in [7, 11) is 0. The molecule has 3 rings (SSSR count). The molecular formula is C18H17BrN4O2. The number of aryl methyl sites for hydroxylation is 2. The van der Waals surface area contributed by atoms with Gasteiger partial charge in [0, 0.05) is 21.9 Å². The lowest BCUT2D eigenvalue weighted by Crippen LogP contribution is -2.17. The predicted octanol–water partition coefficient (Wildman–Crippen LogP) is 3.32. The van der Waals surface area contributed by atoms with E-state index < -0.39 is 5.91 Å². The minimum absolute atomic E-state index is 0.256. The predicted molar refractivity (Wildman–Crippen MR) is 99.9 cm³/mol. The Bertz CT molecular complexity index is 977. The number of amides is 2. The number of nitrogens with two attached hydrogens (primary N) is 1. The Morgan fingerprint density at radius 3 is 2.56 bits per heavy atom. The van der Waals surface area contributed by atoms with Gasteiger partial charge >= 0.3 is 0 Å². The van der Waals surface area contributed by atoms with Crippen LogP contribution in [0.5, 0.6) is 0 Å². The first-order valence-electron chi connectivity index (χ1n) is 7.79. The van der Waals surface area contributed by atoms with Crippen molar-refractivity contribution in [2.45, 2.75) is 20.3 Å². The van der Waals surface area contributed by atoms with E-state index in [9.17, 15) is 9.59 Å². The molecule has 7 heteroatoms. The van der Waals surface area contributed by atoms with Gasteiger partial charge in [0.05, 0.1) is 5.69 Å². The lowest BCUT2D eigenvalue weighted by Gasteiger charge is -2.08. The van der Waals surface area contributed by atoms with Gasteiger partial charge in [-0.05, 0) is 65.2 Å². The molecule has 0 fully saturated rings. The second-order valence-electron chi connectivity index (χ2n) is 5.69. The summed E-state index contributed by atoms with van der Waals surface area (Å²) in [5.74, 6) is -0.762. The maximum Gasteiger partial charge on any atom is 0.274 e. The molecule has 128 valence electrons. The number of fused-ring (bicyclic) bond motifs is 1. The van der Waals surface area contributed by atoms with Crippen LogP contribution in [-0.2, 0) is 6.42 Å². The zero-order valence-corrected chi connectivity index (χ0v) is 15.4. The van der Waals surface area contributed by atoms with Crippen molar-refractivity contribution in [2.75, 3.05) is 5.32 Å². The average Bonchev–Trinajstić information content (AvgIpc) is 2.94. The number of aromatic nitrogens is 2. The highest BCUT2D eigenvalue weighted by Crippen LogP contribution is 2.22. The van der Waals surface area contributed by atoms with Crippen molar-refractivity contribution >= 4 is 39.1 Å². The van der Waals surface area contributed by atoms with E-state index in [4.69, 9.17) is 5.73 Å². The van der Waals surface area contributed by atoms with E-state index in [-0.39, 0.29) is 5.91 Å². The van der Waals surface area contributed by atoms with Crippen LogP contribution < -0.4 is 11.1 Å². The summed E-state index contributed by atoms with van der Waals surface area (Å²) in [5.41, 5.74) is 9.17. The summed E-state index contributed by atoms with van der Waals surface area (Å²) in [4.78, 5) is 28.6. The van der Waals surface area contributed by atoms with Crippen LogP contribution in [0.4, 0.5) is 5.69 Å². The Kier molecular flexibility index (Phi) is 4.59. The first kappa shape index (κ1) is 17.2. The van der Waals surface area contributed by atoms with Gasteiger partial charge in [-0.2, -0.15) is 0 Å². The van der Waals surface area contributed by atoms with Crippen molar-refractivity contribution < 1.29 is 9.59 Å². The fraction of sp³-hybridized carbons (Fsp3) is 0.167. The molecule has 0 aliphatic heterocycles. The van der Waals surface area contributed by atoms with Crippen LogP contribution in [0.15, 0.2) is 41.0 Å². The van der Waals surface area contributed by atoms with Crippen LogP contribution in [0.3, 0.4) is 0 Å². The van der Waals surface area contributed by atoms with E-state index in [0.29, 0.717) is 23.4 Å². The second-order valence-corrected chi connectivity index (χ2v) is 6.61. The van der Waals surface area contributed by atoms with Crippen LogP contribution in [0.2, 0.25) is 0 Å². The van der Waals surface area contributed by atoms with Crippen molar-refractivity contribution in [2.24, 2.45) is 5.73 Å². The lowest BCUT2D eigenvalue weighted by molar-refractivity contribution is 0.0997. The van der Waals surface area contributed by atoms with Crippen molar-refractivity contribution in [3.63, 3.8) is 0 Å². The fourth-order valence-corrected chi connectivity index (χ4v) is 3.26. The molecule has 0 atom stereocenters. The van der Waals surface area contributed by atoms with Gasteiger partial charge < -0.3 is 11.1 Å². The molecule has 0 saturated heterocycles. The Morgan fingerprint density at radius 1 is 1.28 bits per heavy atom. The summed E-state index contributed by atoms with van der Waals surface area (Å²) in [6, 6.07) is 8.41. The Morgan fingerprint density at radius 2 is 1.96 bits per heavy atom. The Labute approximate surface area is 153 Å². The largest absolute Gasteiger partial charge is 0.366 e. The quantitative estimate of drug-likeness (QED) is 0.703. The molecule has 0 radical (unpaired) electrons. The SMILES string of the molecule is CCc1nc2c(C)cc(Br)cn2c1C(=O)Nc1ccc(C(N)=O)cc1. The number of anilines is 1. The summed E-state index contributed by atoms with van der Waals surface area (Å²) in [6.07, 6.45) is 2.47. The Hall–Kier alpha value is -2.67. The molecule has 0 bridgehead atoms. The van der Waals surface area contributed by atoms with Crippen molar-refractivity contribution in [1.29, 1.82) is 0 Å². The van der Waals surface area contributed by atoms with E-state index in [1.54, 1.807) is 28.7 Å². The zero-order valence-electron chi connectivity index (χ0n) is 13.8. The number of nitrogens with one attached hydrogen (secondary N) is 1. The molecule has 0 spiro atoms. The minimum Gasteiger partial charge on any atom is -0.366 e. The van der Waals surface area contributed by atoms with Crippen LogP contribution in [0.1, 0.15) is 39.0 Å². The number of rotatable bonds is 4. The third-order valence-corrected chi connectivity index (χ3v) is 4.35. The molecule has 2 heterocycles. The second kappa shape index (κ2) is 6.68. The Balaban J connectivity index is 2.00. The third-order valence-electron chi connectivity index (χ3n) is 3.92. The molecule has 0 unspecified atom stereocenters. The molecule has 0 aliphatic rings. The van der Waals surface area contributed by atoms with Gasteiger partial charge in [0.15, 0.2) is 0 Å². The standard InChI is InChI=1S/C18H17BrN4O2/c1-3-14-15(23-9-12(19)8-10(2)17(23)22-14)18(25)21-13-6-4-11(5-7-13)16(20)24/h4-9H,3H2,1-2H3,(H2,20,24)(H,21,25). The monoisotopic (exact) mass is 400 g/mol. The summed E-state index contributed by atoms with van der Waals surface area (Å²) in [5, 5.41) is 2.85. The topological polar surface area (TPSA) is 89.5 Å². The van der Waals surface area contributed by atoms with E-state index in [2.05, 4.69) is 26.2 Å². The fourth-order valence-electron chi connectivity index (χ4n) is 2.71. The molecule has 25 heavy (non-hydrogen) atoms. The number of carbonyl (C=O) groups is 2. The number of primary amides is 1. The lowest BCUT2D eigenvalue weighted by atomic mass is 10.2. The van der Waals surface area contributed by atoms with E-state index in [0.717, 1.165) is 21.4 Å². The van der Waals surface area contributed by atoms with Crippen LogP contribution in [0.25, 0.3) is 5.65 Å². The molecule has 2 aromatic heterocycles. The van der Waals surface area contributed by atoms with Gasteiger partial charge in [0.1, 0.15) is 11.3 Å². The van der Waals surface area contributed by atoms with Crippen LogP contribution in [-0.4, -0.2) is 21.2 Å². The van der Waals surface area contributed by atoms with E-state index in [1.807, 2.05) is 26.1 Å². The smallest absolute Gasteiger partial charge is 0.274 e. The normalized spacial score (nSPS) is 10.8. The minimum atomic E-state index is -0.506. The molecule has 6 nitrogen and oxygen atoms in total. The highest BCUT2D eigenvalue weighted by atomic mass is 79.9. The number of halogens is 1.